The van der Waals surface area contributed by atoms with E-state index in [1.807, 2.05) is 6.07 Å². The van der Waals surface area contributed by atoms with E-state index in [2.05, 4.69) is 23.7 Å². The van der Waals surface area contributed by atoms with Gasteiger partial charge in [-0.3, -0.25) is 14.6 Å². The predicted octanol–water partition coefficient (Wildman–Crippen LogP) is 4.80. The summed E-state index contributed by atoms with van der Waals surface area (Å²) in [7, 11) is 1.56. The van der Waals surface area contributed by atoms with Crippen LogP contribution < -0.4 is 4.74 Å². The standard InChI is InChI=1S/C28H37N3O4/c1-4-6-16-30(17-7-5-2)18-9-19-31-25(22-10-8-15-29-20-22)24(27(33)28(31)34)26(32)21-11-13-23(35-3)14-12-21/h8,10-15,20,25,32H,4-7,9,16-19H2,1-3H3/t25-/m1/s1. The number of rotatable bonds is 13. The molecular weight excluding hydrogens is 442 g/mol. The third-order valence-corrected chi connectivity index (χ3v) is 6.43. The lowest BCUT2D eigenvalue weighted by Crippen LogP contribution is -2.34. The molecule has 35 heavy (non-hydrogen) atoms. The first-order valence-corrected chi connectivity index (χ1v) is 12.6. The molecule has 0 saturated carbocycles. The maximum atomic E-state index is 13.2. The smallest absolute Gasteiger partial charge is 0.295 e. The van der Waals surface area contributed by atoms with E-state index in [-0.39, 0.29) is 11.3 Å². The molecule has 188 valence electrons. The molecule has 1 fully saturated rings. The zero-order valence-electron chi connectivity index (χ0n) is 21.1. The first-order valence-electron chi connectivity index (χ1n) is 12.6. The molecule has 2 heterocycles. The van der Waals surface area contributed by atoms with Crippen molar-refractivity contribution in [2.24, 2.45) is 0 Å². The van der Waals surface area contributed by atoms with Gasteiger partial charge >= 0.3 is 0 Å². The molecule has 0 spiro atoms. The van der Waals surface area contributed by atoms with E-state index in [1.165, 1.54) is 0 Å². The Bertz CT molecular complexity index is 997. The second-order valence-corrected chi connectivity index (χ2v) is 8.91. The van der Waals surface area contributed by atoms with Crippen LogP contribution in [0, 0.1) is 0 Å². The lowest BCUT2D eigenvalue weighted by atomic mass is 9.96. The normalized spacial score (nSPS) is 17.4. The van der Waals surface area contributed by atoms with Crippen LogP contribution in [0.25, 0.3) is 5.76 Å². The quantitative estimate of drug-likeness (QED) is 0.252. The minimum absolute atomic E-state index is 0.0991. The number of aliphatic hydroxyl groups is 1. The van der Waals surface area contributed by atoms with Crippen molar-refractivity contribution < 1.29 is 19.4 Å². The summed E-state index contributed by atoms with van der Waals surface area (Å²) in [6, 6.07) is 9.73. The van der Waals surface area contributed by atoms with Crippen LogP contribution in [0.15, 0.2) is 54.4 Å². The minimum atomic E-state index is -0.675. The van der Waals surface area contributed by atoms with E-state index in [9.17, 15) is 14.7 Å². The highest BCUT2D eigenvalue weighted by atomic mass is 16.5. The van der Waals surface area contributed by atoms with Crippen molar-refractivity contribution in [3.8, 4) is 5.75 Å². The Kier molecular flexibility index (Phi) is 9.85. The number of hydrogen-bond acceptors (Lipinski definition) is 6. The van der Waals surface area contributed by atoms with Crippen LogP contribution in [0.5, 0.6) is 5.75 Å². The number of Topliss-reactive ketones (excluding diaryl/α,β-unsaturated/α-hetero) is 1. The zero-order valence-corrected chi connectivity index (χ0v) is 21.1. The molecule has 7 heteroatoms. The average Bonchev–Trinajstić information content (AvgIpc) is 3.15. The summed E-state index contributed by atoms with van der Waals surface area (Å²) < 4.78 is 5.19. The number of pyridine rings is 1. The second kappa shape index (κ2) is 13.0. The highest BCUT2D eigenvalue weighted by molar-refractivity contribution is 6.46. The molecule has 1 aromatic heterocycles. The molecule has 1 N–H and O–H groups in total. The van der Waals surface area contributed by atoms with Gasteiger partial charge in [-0.1, -0.05) is 32.8 Å². The van der Waals surface area contributed by atoms with Gasteiger partial charge in [-0.2, -0.15) is 0 Å². The van der Waals surface area contributed by atoms with E-state index >= 15 is 0 Å². The third-order valence-electron chi connectivity index (χ3n) is 6.43. The van der Waals surface area contributed by atoms with Crippen LogP contribution in [0.2, 0.25) is 0 Å². The lowest BCUT2D eigenvalue weighted by Gasteiger charge is -2.27. The number of carbonyl (C=O) groups excluding carboxylic acids is 2. The fourth-order valence-electron chi connectivity index (χ4n) is 4.46. The number of aromatic nitrogens is 1. The van der Waals surface area contributed by atoms with Crippen molar-refractivity contribution in [2.75, 3.05) is 33.3 Å². The van der Waals surface area contributed by atoms with Gasteiger partial charge in [0.15, 0.2) is 0 Å². The Balaban J connectivity index is 1.88. The number of amides is 1. The summed E-state index contributed by atoms with van der Waals surface area (Å²) in [4.78, 5) is 34.5. The van der Waals surface area contributed by atoms with Gasteiger partial charge in [-0.05, 0) is 74.8 Å². The molecule has 1 aliphatic heterocycles. The van der Waals surface area contributed by atoms with Crippen molar-refractivity contribution in [1.29, 1.82) is 0 Å². The number of methoxy groups -OCH3 is 1. The van der Waals surface area contributed by atoms with Crippen LogP contribution in [0.3, 0.4) is 0 Å². The molecule has 1 amide bonds. The summed E-state index contributed by atoms with van der Waals surface area (Å²) in [5.41, 5.74) is 1.26. The minimum Gasteiger partial charge on any atom is -0.507 e. The number of aliphatic hydroxyl groups excluding tert-OH is 1. The second-order valence-electron chi connectivity index (χ2n) is 8.91. The van der Waals surface area contributed by atoms with E-state index in [4.69, 9.17) is 4.74 Å². The maximum absolute atomic E-state index is 13.2. The van der Waals surface area contributed by atoms with Crippen LogP contribution in [-0.2, 0) is 9.59 Å². The fourth-order valence-corrected chi connectivity index (χ4v) is 4.46. The predicted molar refractivity (Wildman–Crippen MR) is 137 cm³/mol. The SMILES string of the molecule is CCCCN(CCCC)CCCN1C(=O)C(=O)C(=C(O)c2ccc(OC)cc2)[C@H]1c1cccnc1. The van der Waals surface area contributed by atoms with Gasteiger partial charge in [0.25, 0.3) is 11.7 Å². The Labute approximate surface area is 208 Å². The van der Waals surface area contributed by atoms with Crippen LogP contribution in [-0.4, -0.2) is 64.9 Å². The van der Waals surface area contributed by atoms with Gasteiger partial charge in [0.2, 0.25) is 0 Å². The van der Waals surface area contributed by atoms with Gasteiger partial charge in [0.1, 0.15) is 11.5 Å². The highest BCUT2D eigenvalue weighted by Crippen LogP contribution is 2.39. The Morgan fingerprint density at radius 3 is 2.26 bits per heavy atom. The van der Waals surface area contributed by atoms with E-state index in [1.54, 1.807) is 54.7 Å². The number of ketones is 1. The summed E-state index contributed by atoms with van der Waals surface area (Å²) in [5.74, 6) is -0.792. The molecule has 2 aromatic rings. The number of unbranched alkanes of at least 4 members (excludes halogenated alkanes) is 2. The first-order chi connectivity index (χ1) is 17.0. The molecule has 0 unspecified atom stereocenters. The van der Waals surface area contributed by atoms with Gasteiger partial charge in [0.05, 0.1) is 18.7 Å². The van der Waals surface area contributed by atoms with Crippen molar-refractivity contribution in [3.63, 3.8) is 0 Å². The monoisotopic (exact) mass is 479 g/mol. The lowest BCUT2D eigenvalue weighted by molar-refractivity contribution is -0.140. The summed E-state index contributed by atoms with van der Waals surface area (Å²) >= 11 is 0. The summed E-state index contributed by atoms with van der Waals surface area (Å²) in [5, 5.41) is 11.1. The summed E-state index contributed by atoms with van der Waals surface area (Å²) in [6.07, 6.45) is 8.63. The largest absolute Gasteiger partial charge is 0.507 e. The molecule has 0 radical (unpaired) electrons. The molecule has 7 nitrogen and oxygen atoms in total. The van der Waals surface area contributed by atoms with Crippen LogP contribution in [0.4, 0.5) is 0 Å². The molecule has 1 aromatic carbocycles. The number of carbonyl (C=O) groups is 2. The molecule has 1 atom stereocenters. The maximum Gasteiger partial charge on any atom is 0.295 e. The van der Waals surface area contributed by atoms with Crippen molar-refractivity contribution >= 4 is 17.4 Å². The number of benzene rings is 1. The molecule has 0 bridgehead atoms. The molecule has 1 aliphatic rings. The van der Waals surface area contributed by atoms with E-state index in [0.717, 1.165) is 51.7 Å². The van der Waals surface area contributed by atoms with Crippen molar-refractivity contribution in [1.82, 2.24) is 14.8 Å². The average molecular weight is 480 g/mol. The Morgan fingerprint density at radius 1 is 1.03 bits per heavy atom. The Hall–Kier alpha value is -3.19. The number of hydrogen-bond donors (Lipinski definition) is 1. The number of ether oxygens (including phenoxy) is 1. The molecular formula is C28H37N3O4. The van der Waals surface area contributed by atoms with E-state index < -0.39 is 17.7 Å². The molecule has 3 rings (SSSR count). The molecule has 0 aliphatic carbocycles. The zero-order chi connectivity index (χ0) is 25.2. The number of nitrogens with zero attached hydrogens (tertiary/aromatic N) is 3. The van der Waals surface area contributed by atoms with Gasteiger partial charge in [-0.25, -0.2) is 0 Å². The van der Waals surface area contributed by atoms with Crippen molar-refractivity contribution in [3.05, 3.63) is 65.5 Å². The molecule has 1 saturated heterocycles. The van der Waals surface area contributed by atoms with Gasteiger partial charge in [0, 0.05) is 24.5 Å². The number of likely N-dealkylation sites (tertiary alicyclic amines) is 1. The Morgan fingerprint density at radius 2 is 1.69 bits per heavy atom. The topological polar surface area (TPSA) is 83.0 Å². The highest BCUT2D eigenvalue weighted by Gasteiger charge is 2.45. The van der Waals surface area contributed by atoms with Crippen LogP contribution in [0.1, 0.15) is 63.1 Å². The van der Waals surface area contributed by atoms with Crippen LogP contribution >= 0.6 is 0 Å². The van der Waals surface area contributed by atoms with E-state index in [0.29, 0.717) is 23.4 Å². The first kappa shape index (κ1) is 26.4. The van der Waals surface area contributed by atoms with Gasteiger partial charge < -0.3 is 19.6 Å². The van der Waals surface area contributed by atoms with Crippen molar-refractivity contribution in [2.45, 2.75) is 52.0 Å². The summed E-state index contributed by atoms with van der Waals surface area (Å²) in [6.45, 7) is 7.75. The van der Waals surface area contributed by atoms with Gasteiger partial charge in [-0.15, -0.1) is 0 Å². The fraction of sp³-hybridized carbons (Fsp3) is 0.464. The third kappa shape index (κ3) is 6.48.